The van der Waals surface area contributed by atoms with E-state index in [1.54, 1.807) is 0 Å². The molecule has 128 valence electrons. The minimum atomic E-state index is -5.22. The molecule has 2 bridgehead atoms. The molecular weight excluding hydrogens is 372 g/mol. The van der Waals surface area contributed by atoms with Crippen molar-refractivity contribution >= 4 is 16.4 Å². The van der Waals surface area contributed by atoms with Crippen molar-refractivity contribution in [2.75, 3.05) is 13.1 Å². The summed E-state index contributed by atoms with van der Waals surface area (Å²) in [6.07, 6.45) is -4.68. The molecule has 2 atom stereocenters. The number of alkyl halides is 3. The minimum absolute atomic E-state index is 0. The van der Waals surface area contributed by atoms with Crippen LogP contribution < -0.4 is 29.6 Å². The topological polar surface area (TPSA) is 129 Å². The Labute approximate surface area is 155 Å². The van der Waals surface area contributed by atoms with Gasteiger partial charge >= 0.3 is 47.7 Å². The summed E-state index contributed by atoms with van der Waals surface area (Å²) < 4.78 is 78.3. The van der Waals surface area contributed by atoms with Crippen molar-refractivity contribution in [1.82, 2.24) is 20.2 Å². The van der Waals surface area contributed by atoms with E-state index in [0.29, 0.717) is 5.06 Å². The van der Waals surface area contributed by atoms with Crippen LogP contribution in [0.15, 0.2) is 4.42 Å². The molecule has 10 nitrogen and oxygen atoms in total. The van der Waals surface area contributed by atoms with Crippen LogP contribution in [0, 0.1) is 0 Å². The summed E-state index contributed by atoms with van der Waals surface area (Å²) in [5, 5.41) is 6.52. The average molecular weight is 380 g/mol. The molecule has 15 heteroatoms. The van der Waals surface area contributed by atoms with E-state index in [4.69, 9.17) is 0 Å². The number of aromatic nitrogens is 2. The van der Waals surface area contributed by atoms with Crippen molar-refractivity contribution in [2.24, 2.45) is 0 Å². The molecule has 0 radical (unpaired) electrons. The predicted octanol–water partition coefficient (Wildman–Crippen LogP) is -2.92. The third-order valence-electron chi connectivity index (χ3n) is 3.51. The van der Waals surface area contributed by atoms with Gasteiger partial charge in [0.15, 0.2) is 0 Å². The van der Waals surface area contributed by atoms with Gasteiger partial charge in [0.25, 0.3) is 0 Å². The van der Waals surface area contributed by atoms with Crippen LogP contribution in [0.25, 0.3) is 0 Å². The summed E-state index contributed by atoms with van der Waals surface area (Å²) in [6, 6.07) is -1.89. The largest absolute Gasteiger partial charge is 1.00 e. The second-order valence-electron chi connectivity index (χ2n) is 4.94. The fourth-order valence-corrected chi connectivity index (χ4v) is 2.97. The molecule has 1 aromatic heterocycles. The summed E-state index contributed by atoms with van der Waals surface area (Å²) >= 11 is 0. The molecule has 2 aliphatic rings. The number of halogens is 3. The maximum Gasteiger partial charge on any atom is 1.00 e. The van der Waals surface area contributed by atoms with Gasteiger partial charge < -0.3 is 13.9 Å². The summed E-state index contributed by atoms with van der Waals surface area (Å²) in [4.78, 5) is 13.1. The first-order valence-corrected chi connectivity index (χ1v) is 7.54. The van der Waals surface area contributed by atoms with Gasteiger partial charge in [0.2, 0.25) is 16.3 Å². The van der Waals surface area contributed by atoms with Crippen LogP contribution in [0.2, 0.25) is 0 Å². The Morgan fingerprint density at radius 2 is 2.00 bits per heavy atom. The van der Waals surface area contributed by atoms with Gasteiger partial charge in [-0.2, -0.15) is 22.5 Å². The molecule has 0 aliphatic carbocycles. The monoisotopic (exact) mass is 380 g/mol. The molecule has 2 aliphatic heterocycles. The Kier molecular flexibility index (Phi) is 5.19. The fraction of sp³-hybridized carbons (Fsp3) is 0.667. The number of nitrogens with zero attached hydrogens (tertiary/aromatic N) is 4. The number of hydrogen-bond donors (Lipinski definition) is 0. The van der Waals surface area contributed by atoms with Crippen molar-refractivity contribution in [3.8, 4) is 0 Å². The number of hydrogen-bond acceptors (Lipinski definition) is 8. The van der Waals surface area contributed by atoms with Gasteiger partial charge in [-0.1, -0.05) is 0 Å². The number of amides is 2. The molecule has 0 spiro atoms. The van der Waals surface area contributed by atoms with E-state index >= 15 is 0 Å². The Bertz CT molecular complexity index is 740. The number of urea groups is 1. The minimum Gasteiger partial charge on any atom is -0.724 e. The number of carbonyl (C=O) groups is 1. The number of hydroxylamine groups is 2. The first-order chi connectivity index (χ1) is 10.6. The maximum atomic E-state index is 12.5. The number of carbonyl (C=O) groups excluding carboxylic acids is 1. The molecule has 1 aromatic rings. The molecule has 0 unspecified atom stereocenters. The zero-order valence-electron chi connectivity index (χ0n) is 12.1. The van der Waals surface area contributed by atoms with Crippen LogP contribution >= 0.6 is 0 Å². The Morgan fingerprint density at radius 3 is 2.54 bits per heavy atom. The molecule has 24 heavy (non-hydrogen) atoms. The molecule has 0 aromatic carbocycles. The Balaban J connectivity index is 0.00000208. The van der Waals surface area contributed by atoms with Gasteiger partial charge in [-0.05, 0) is 6.42 Å². The van der Waals surface area contributed by atoms with E-state index in [2.05, 4.69) is 18.9 Å². The van der Waals surface area contributed by atoms with Crippen LogP contribution in [0.1, 0.15) is 24.1 Å². The fourth-order valence-electron chi connectivity index (χ4n) is 2.60. The smallest absolute Gasteiger partial charge is 0.724 e. The molecule has 3 rings (SSSR count). The van der Waals surface area contributed by atoms with Crippen LogP contribution in [0.3, 0.4) is 0 Å². The molecule has 2 amide bonds. The summed E-state index contributed by atoms with van der Waals surface area (Å²) in [7, 11) is -5.22. The van der Waals surface area contributed by atoms with Gasteiger partial charge in [-0.15, -0.1) is 10.2 Å². The summed E-state index contributed by atoms with van der Waals surface area (Å²) in [6.45, 7) is 0.0746. The normalized spacial score (nSPS) is 24.2. The number of fused-ring (bicyclic) bond motifs is 2. The van der Waals surface area contributed by atoms with Gasteiger partial charge in [0.05, 0.1) is 12.0 Å². The number of rotatable bonds is 3. The zero-order valence-corrected chi connectivity index (χ0v) is 14.9. The van der Waals surface area contributed by atoms with E-state index in [1.807, 2.05) is 0 Å². The van der Waals surface area contributed by atoms with Crippen LogP contribution in [0.4, 0.5) is 18.0 Å². The Morgan fingerprint density at radius 1 is 1.33 bits per heavy atom. The van der Waals surface area contributed by atoms with Crippen LogP contribution in [-0.2, 0) is 20.9 Å². The van der Waals surface area contributed by atoms with Crippen molar-refractivity contribution in [2.45, 2.75) is 24.6 Å². The molecule has 0 saturated carbocycles. The van der Waals surface area contributed by atoms with Crippen LogP contribution in [-0.4, -0.2) is 58.3 Å². The van der Waals surface area contributed by atoms with E-state index in [-0.39, 0.29) is 49.1 Å². The van der Waals surface area contributed by atoms with Crippen LogP contribution in [0.5, 0.6) is 0 Å². The molecule has 2 saturated heterocycles. The van der Waals surface area contributed by atoms with E-state index in [0.717, 1.165) is 0 Å². The van der Waals surface area contributed by atoms with Gasteiger partial charge in [-0.3, -0.25) is 0 Å². The third kappa shape index (κ3) is 3.67. The van der Waals surface area contributed by atoms with E-state index in [9.17, 15) is 30.9 Å². The standard InChI is InChI=1S/C9H9F3N4O6S.Na/c10-9(11,12)7-14-13-6(21-7)4-1-2-15-3-5(4)16(8(15)17)22-23(18,19)20;/h4-5H,1-3H2,(H,18,19,20);/q;+1/p-1/t4-,5+;/m1./s1. The van der Waals surface area contributed by atoms with Gasteiger partial charge in [0, 0.05) is 13.1 Å². The predicted molar refractivity (Wildman–Crippen MR) is 60.0 cm³/mol. The van der Waals surface area contributed by atoms with E-state index in [1.165, 1.54) is 4.90 Å². The first-order valence-electron chi connectivity index (χ1n) is 6.20. The molecular formula is C9H8F3N4NaO6S. The van der Waals surface area contributed by atoms with Crippen molar-refractivity contribution in [1.29, 1.82) is 0 Å². The molecule has 0 N–H and O–H groups in total. The summed E-state index contributed by atoms with van der Waals surface area (Å²) in [5.41, 5.74) is 0. The van der Waals surface area contributed by atoms with Crippen molar-refractivity contribution < 1.29 is 69.2 Å². The van der Waals surface area contributed by atoms with Gasteiger partial charge in [-0.25, -0.2) is 13.2 Å². The first kappa shape index (κ1) is 19.4. The molecule has 2 fully saturated rings. The SMILES string of the molecule is O=C1N2CC[C@@H](c3nnc(C(F)(F)F)o3)[C@H](C2)N1OS(=O)(=O)[O-].[Na+]. The van der Waals surface area contributed by atoms with E-state index < -0.39 is 46.3 Å². The van der Waals surface area contributed by atoms with Crippen molar-refractivity contribution in [3.05, 3.63) is 11.8 Å². The zero-order chi connectivity index (χ0) is 17.0. The van der Waals surface area contributed by atoms with Crippen molar-refractivity contribution in [3.63, 3.8) is 0 Å². The summed E-state index contributed by atoms with van der Waals surface area (Å²) in [5.74, 6) is -2.85. The second-order valence-corrected chi connectivity index (χ2v) is 5.91. The molecule has 3 heterocycles. The third-order valence-corrected chi connectivity index (χ3v) is 3.86. The van der Waals surface area contributed by atoms with Gasteiger partial charge in [0.1, 0.15) is 0 Å². The number of piperidine rings is 1. The Hall–Kier alpha value is -0.930. The second kappa shape index (κ2) is 6.42. The quantitative estimate of drug-likeness (QED) is 0.310. The average Bonchev–Trinajstić information content (AvgIpc) is 2.99. The maximum absolute atomic E-state index is 12.5.